The van der Waals surface area contributed by atoms with Crippen molar-refractivity contribution in [1.82, 2.24) is 9.97 Å². The number of H-pyrrole nitrogens is 1. The highest BCUT2D eigenvalue weighted by Gasteiger charge is 2.23. The molecule has 1 aliphatic carbocycles. The van der Waals surface area contributed by atoms with E-state index in [0.717, 1.165) is 59.8 Å². The molecular weight excluding hydrogens is 312 g/mol. The summed E-state index contributed by atoms with van der Waals surface area (Å²) in [6, 6.07) is 3.76. The number of pyridine rings is 2. The summed E-state index contributed by atoms with van der Waals surface area (Å²) in [5.41, 5.74) is 3.56. The van der Waals surface area contributed by atoms with Crippen LogP contribution in [0.2, 0.25) is 0 Å². The van der Waals surface area contributed by atoms with Crippen molar-refractivity contribution in [3.8, 4) is 11.1 Å². The SMILES string of the molecule is CCOC(=O)Sc1c(-c2cccnc2)c2c([nH]c1=O)CCCC2. The molecule has 23 heavy (non-hydrogen) atoms. The molecule has 0 bridgehead atoms. The molecule has 0 radical (unpaired) electrons. The molecule has 0 aliphatic heterocycles. The second-order valence-corrected chi connectivity index (χ2v) is 6.29. The van der Waals surface area contributed by atoms with Crippen molar-refractivity contribution in [2.45, 2.75) is 37.5 Å². The maximum Gasteiger partial charge on any atom is 0.372 e. The number of aromatic nitrogens is 2. The first-order chi connectivity index (χ1) is 11.2. The maximum atomic E-state index is 12.5. The lowest BCUT2D eigenvalue weighted by Gasteiger charge is -2.21. The monoisotopic (exact) mass is 330 g/mol. The van der Waals surface area contributed by atoms with Crippen LogP contribution in [0.15, 0.2) is 34.2 Å². The Balaban J connectivity index is 2.17. The van der Waals surface area contributed by atoms with Crippen LogP contribution in [0, 0.1) is 0 Å². The molecule has 120 valence electrons. The molecule has 0 saturated carbocycles. The summed E-state index contributed by atoms with van der Waals surface area (Å²) in [5.74, 6) is 0. The van der Waals surface area contributed by atoms with Crippen molar-refractivity contribution < 1.29 is 9.53 Å². The Labute approximate surface area is 138 Å². The summed E-state index contributed by atoms with van der Waals surface area (Å²) in [7, 11) is 0. The molecule has 3 rings (SSSR count). The third-order valence-corrected chi connectivity index (χ3v) is 4.74. The third-order valence-electron chi connectivity index (χ3n) is 3.87. The molecule has 1 aliphatic rings. The van der Waals surface area contributed by atoms with Crippen LogP contribution >= 0.6 is 11.8 Å². The predicted molar refractivity (Wildman–Crippen MR) is 89.8 cm³/mol. The average Bonchev–Trinajstić information content (AvgIpc) is 2.56. The van der Waals surface area contributed by atoms with E-state index in [1.807, 2.05) is 12.1 Å². The molecule has 6 heteroatoms. The molecule has 1 N–H and O–H groups in total. The molecule has 2 heterocycles. The molecular formula is C17H18N2O3S. The normalized spacial score (nSPS) is 13.4. The van der Waals surface area contributed by atoms with Gasteiger partial charge in [0, 0.05) is 29.2 Å². The third kappa shape index (κ3) is 3.32. The topological polar surface area (TPSA) is 72.0 Å². The highest BCUT2D eigenvalue weighted by atomic mass is 32.2. The van der Waals surface area contributed by atoms with Gasteiger partial charge in [0.05, 0.1) is 11.5 Å². The van der Waals surface area contributed by atoms with Gasteiger partial charge < -0.3 is 9.72 Å². The number of rotatable bonds is 3. The standard InChI is InChI=1S/C17H18N2O3S/c1-2-22-17(21)23-15-14(11-6-5-9-18-10-11)12-7-3-4-8-13(12)19-16(15)20/h5-6,9-10H,2-4,7-8H2,1H3,(H,19,20). The van der Waals surface area contributed by atoms with Crippen LogP contribution in [0.5, 0.6) is 0 Å². The average molecular weight is 330 g/mol. The van der Waals surface area contributed by atoms with E-state index in [9.17, 15) is 9.59 Å². The predicted octanol–water partition coefficient (Wildman–Crippen LogP) is 3.56. The molecule has 2 aromatic heterocycles. The summed E-state index contributed by atoms with van der Waals surface area (Å²) in [6.07, 6.45) is 7.34. The maximum absolute atomic E-state index is 12.5. The summed E-state index contributed by atoms with van der Waals surface area (Å²) in [6.45, 7) is 2.04. The number of nitrogens with zero attached hydrogens (tertiary/aromatic N) is 1. The lowest BCUT2D eigenvalue weighted by molar-refractivity contribution is 0.181. The molecule has 2 aromatic rings. The van der Waals surface area contributed by atoms with Crippen molar-refractivity contribution in [2.75, 3.05) is 6.61 Å². The largest absolute Gasteiger partial charge is 0.458 e. The van der Waals surface area contributed by atoms with Crippen LogP contribution in [0.3, 0.4) is 0 Å². The second-order valence-electron chi connectivity index (χ2n) is 5.35. The van der Waals surface area contributed by atoms with Gasteiger partial charge in [-0.2, -0.15) is 0 Å². The fourth-order valence-corrected chi connectivity index (χ4v) is 3.74. The van der Waals surface area contributed by atoms with E-state index in [1.165, 1.54) is 0 Å². The van der Waals surface area contributed by atoms with Gasteiger partial charge in [0.25, 0.3) is 5.56 Å². The molecule has 5 nitrogen and oxygen atoms in total. The number of nitrogens with one attached hydrogen (secondary N) is 1. The zero-order valence-electron chi connectivity index (χ0n) is 12.9. The molecule has 0 amide bonds. The number of fused-ring (bicyclic) bond motifs is 1. The Morgan fingerprint density at radius 2 is 2.22 bits per heavy atom. The summed E-state index contributed by atoms with van der Waals surface area (Å²) < 4.78 is 4.99. The van der Waals surface area contributed by atoms with Crippen molar-refractivity contribution in [3.05, 3.63) is 46.1 Å². The van der Waals surface area contributed by atoms with Crippen LogP contribution in [0.1, 0.15) is 31.0 Å². The van der Waals surface area contributed by atoms with Gasteiger partial charge in [-0.05, 0) is 56.0 Å². The van der Waals surface area contributed by atoms with E-state index in [4.69, 9.17) is 4.74 Å². The minimum atomic E-state index is -0.459. The number of hydrogen-bond donors (Lipinski definition) is 1. The highest BCUT2D eigenvalue weighted by molar-refractivity contribution is 8.13. The Bertz CT molecular complexity index is 771. The van der Waals surface area contributed by atoms with Gasteiger partial charge in [-0.1, -0.05) is 6.07 Å². The number of aromatic amines is 1. The van der Waals surface area contributed by atoms with Gasteiger partial charge in [0.1, 0.15) is 0 Å². The quantitative estimate of drug-likeness (QED) is 0.688. The first-order valence-electron chi connectivity index (χ1n) is 7.73. The number of carbonyl (C=O) groups is 1. The van der Waals surface area contributed by atoms with E-state index in [-0.39, 0.29) is 12.2 Å². The Kier molecular flexibility index (Phi) is 4.81. The zero-order valence-corrected chi connectivity index (χ0v) is 13.7. The van der Waals surface area contributed by atoms with E-state index in [0.29, 0.717) is 4.90 Å². The molecule has 0 unspecified atom stereocenters. The van der Waals surface area contributed by atoms with Crippen LogP contribution in [0.4, 0.5) is 4.79 Å². The van der Waals surface area contributed by atoms with Crippen molar-refractivity contribution >= 4 is 17.1 Å². The van der Waals surface area contributed by atoms with Gasteiger partial charge in [-0.3, -0.25) is 9.78 Å². The molecule has 0 saturated heterocycles. The van der Waals surface area contributed by atoms with Gasteiger partial charge in [-0.15, -0.1) is 0 Å². The zero-order chi connectivity index (χ0) is 16.2. The highest BCUT2D eigenvalue weighted by Crippen LogP contribution is 2.36. The number of thioether (sulfide) groups is 1. The minimum Gasteiger partial charge on any atom is -0.458 e. The number of hydrogen-bond acceptors (Lipinski definition) is 5. The summed E-state index contributed by atoms with van der Waals surface area (Å²) in [4.78, 5) is 31.9. The van der Waals surface area contributed by atoms with Crippen LogP contribution in [-0.4, -0.2) is 21.9 Å². The van der Waals surface area contributed by atoms with Crippen molar-refractivity contribution in [2.24, 2.45) is 0 Å². The molecule has 0 fully saturated rings. The van der Waals surface area contributed by atoms with Gasteiger partial charge in [0.15, 0.2) is 0 Å². The number of carbonyl (C=O) groups excluding carboxylic acids is 1. The fourth-order valence-electron chi connectivity index (χ4n) is 2.91. The second kappa shape index (κ2) is 7.00. The van der Waals surface area contributed by atoms with E-state index < -0.39 is 5.30 Å². The minimum absolute atomic E-state index is 0.234. The molecule has 0 atom stereocenters. The number of aryl methyl sites for hydroxylation is 1. The summed E-state index contributed by atoms with van der Waals surface area (Å²) >= 11 is 0.856. The van der Waals surface area contributed by atoms with E-state index in [2.05, 4.69) is 9.97 Å². The summed E-state index contributed by atoms with van der Waals surface area (Å²) in [5, 5.41) is -0.459. The molecule has 0 spiro atoms. The Morgan fingerprint density at radius 1 is 1.39 bits per heavy atom. The Hall–Kier alpha value is -2.08. The van der Waals surface area contributed by atoms with Crippen molar-refractivity contribution in [3.63, 3.8) is 0 Å². The Morgan fingerprint density at radius 3 is 2.96 bits per heavy atom. The smallest absolute Gasteiger partial charge is 0.372 e. The first kappa shape index (κ1) is 15.8. The van der Waals surface area contributed by atoms with Crippen molar-refractivity contribution in [1.29, 1.82) is 0 Å². The van der Waals surface area contributed by atoms with Crippen LogP contribution in [0.25, 0.3) is 11.1 Å². The van der Waals surface area contributed by atoms with Gasteiger partial charge in [-0.25, -0.2) is 4.79 Å². The van der Waals surface area contributed by atoms with E-state index >= 15 is 0 Å². The lowest BCUT2D eigenvalue weighted by Crippen LogP contribution is -2.19. The van der Waals surface area contributed by atoms with Crippen LogP contribution < -0.4 is 5.56 Å². The van der Waals surface area contributed by atoms with E-state index in [1.54, 1.807) is 19.3 Å². The van der Waals surface area contributed by atoms with Crippen LogP contribution in [-0.2, 0) is 17.6 Å². The number of ether oxygens (including phenoxy) is 1. The fraction of sp³-hybridized carbons (Fsp3) is 0.353. The van der Waals surface area contributed by atoms with Gasteiger partial charge >= 0.3 is 5.30 Å². The van der Waals surface area contributed by atoms with Gasteiger partial charge in [0.2, 0.25) is 0 Å². The lowest BCUT2D eigenvalue weighted by atomic mass is 9.90. The molecule has 0 aromatic carbocycles. The first-order valence-corrected chi connectivity index (χ1v) is 8.55.